The van der Waals surface area contributed by atoms with Crippen LogP contribution in [0.3, 0.4) is 0 Å². The molecule has 54 valence electrons. The zero-order valence-electron chi connectivity index (χ0n) is 3.64. The molecular formula is C3H3MoNi2O2-. The fourth-order valence-corrected chi connectivity index (χ4v) is 0. The monoisotopic (exact) mass is 285 g/mol. The number of hydrogen-bond donors (Lipinski definition) is 0. The van der Waals surface area contributed by atoms with Crippen molar-refractivity contribution in [2.45, 2.75) is 0 Å². The third kappa shape index (κ3) is 67.1. The minimum atomic E-state index is 0. The molecule has 5 heteroatoms. The van der Waals surface area contributed by atoms with Gasteiger partial charge in [0.2, 0.25) is 0 Å². The molecule has 0 unspecified atom stereocenters. The molecule has 2 nitrogen and oxygen atoms in total. The van der Waals surface area contributed by atoms with E-state index in [4.69, 9.17) is 8.69 Å². The quantitative estimate of drug-likeness (QED) is 0.390. The van der Waals surface area contributed by atoms with Crippen LogP contribution in [0.4, 0.5) is 0 Å². The van der Waals surface area contributed by atoms with Crippen molar-refractivity contribution in [3.8, 4) is 0 Å². The SMILES string of the molecule is C=C[C-]=O.[Mo].[Ni].[O]=[Ni]. The maximum absolute atomic E-state index is 8.93. The summed E-state index contributed by atoms with van der Waals surface area (Å²) in [5.74, 6) is 0. The van der Waals surface area contributed by atoms with Crippen LogP contribution in [0.2, 0.25) is 0 Å². The van der Waals surface area contributed by atoms with Gasteiger partial charge in [0, 0.05) is 37.6 Å². The topological polar surface area (TPSA) is 34.1 Å². The molecule has 8 heavy (non-hydrogen) atoms. The van der Waals surface area contributed by atoms with Crippen LogP contribution in [0.1, 0.15) is 0 Å². The van der Waals surface area contributed by atoms with Gasteiger partial charge in [-0.3, -0.25) is 0 Å². The van der Waals surface area contributed by atoms with E-state index in [0.717, 1.165) is 6.08 Å². The van der Waals surface area contributed by atoms with E-state index in [1.165, 1.54) is 6.29 Å². The Balaban J connectivity index is -0.0000000183. The Kier molecular flexibility index (Phi) is 130. The first-order valence-electron chi connectivity index (χ1n) is 1.03. The zero-order valence-corrected chi connectivity index (χ0v) is 7.62. The van der Waals surface area contributed by atoms with Gasteiger partial charge in [-0.05, 0) is 6.29 Å². The first-order chi connectivity index (χ1) is 2.91. The summed E-state index contributed by atoms with van der Waals surface area (Å²) < 4.78 is 7.88. The number of allylic oxidation sites excluding steroid dienone is 1. The van der Waals surface area contributed by atoms with Gasteiger partial charge >= 0.3 is 19.3 Å². The third-order valence-corrected chi connectivity index (χ3v) is 0.0833. The van der Waals surface area contributed by atoms with Gasteiger partial charge in [0.05, 0.1) is 0 Å². The molecule has 0 aliphatic heterocycles. The molecule has 0 saturated carbocycles. The van der Waals surface area contributed by atoms with Gasteiger partial charge in [0.1, 0.15) is 0 Å². The molecule has 0 amide bonds. The molecule has 0 saturated heterocycles. The molecular weight excluding hydrogens is 281 g/mol. The van der Waals surface area contributed by atoms with Crippen LogP contribution in [-0.4, -0.2) is 6.29 Å². The molecule has 0 spiro atoms. The van der Waals surface area contributed by atoms with Gasteiger partial charge in [-0.15, -0.1) is 0 Å². The van der Waals surface area contributed by atoms with Crippen molar-refractivity contribution in [2.24, 2.45) is 0 Å². The van der Waals surface area contributed by atoms with Crippen molar-refractivity contribution in [1.29, 1.82) is 0 Å². The van der Waals surface area contributed by atoms with Crippen molar-refractivity contribution < 1.29 is 61.6 Å². The van der Waals surface area contributed by atoms with E-state index >= 15 is 0 Å². The molecule has 0 aromatic rings. The normalized spacial score (nSPS) is 3.25. The van der Waals surface area contributed by atoms with Crippen molar-refractivity contribution >= 4 is 6.29 Å². The Morgan fingerprint density at radius 3 is 1.62 bits per heavy atom. The van der Waals surface area contributed by atoms with Gasteiger partial charge in [-0.1, -0.05) is 0 Å². The Morgan fingerprint density at radius 1 is 1.50 bits per heavy atom. The number of rotatable bonds is 1. The van der Waals surface area contributed by atoms with Crippen LogP contribution >= 0.6 is 0 Å². The van der Waals surface area contributed by atoms with Crippen molar-refractivity contribution in [3.05, 3.63) is 12.7 Å². The molecule has 0 rings (SSSR count). The second kappa shape index (κ2) is 44.9. The van der Waals surface area contributed by atoms with Crippen LogP contribution in [0.5, 0.6) is 0 Å². The van der Waals surface area contributed by atoms with Gasteiger partial charge in [-0.25, -0.2) is 12.7 Å². The Morgan fingerprint density at radius 2 is 1.62 bits per heavy atom. The fourth-order valence-electron chi connectivity index (χ4n) is 0. The first kappa shape index (κ1) is 23.1. The van der Waals surface area contributed by atoms with Crippen LogP contribution in [0.15, 0.2) is 12.7 Å². The molecule has 0 heterocycles. The van der Waals surface area contributed by atoms with Crippen molar-refractivity contribution in [2.75, 3.05) is 0 Å². The summed E-state index contributed by atoms with van der Waals surface area (Å²) in [5.41, 5.74) is 0. The second-order valence-electron chi connectivity index (χ2n) is 0.322. The Bertz CT molecular complexity index is 44.5. The molecule has 0 atom stereocenters. The van der Waals surface area contributed by atoms with E-state index in [0.29, 0.717) is 0 Å². The van der Waals surface area contributed by atoms with Gasteiger partial charge < -0.3 is 4.79 Å². The molecule has 0 aliphatic carbocycles. The second-order valence-corrected chi connectivity index (χ2v) is 0.322. The van der Waals surface area contributed by atoms with Crippen molar-refractivity contribution in [3.63, 3.8) is 0 Å². The molecule has 0 radical (unpaired) electrons. The summed E-state index contributed by atoms with van der Waals surface area (Å²) in [7, 11) is 0. The van der Waals surface area contributed by atoms with Crippen molar-refractivity contribution in [1.82, 2.24) is 0 Å². The molecule has 0 aromatic carbocycles. The van der Waals surface area contributed by atoms with Crippen LogP contribution in [0, 0.1) is 0 Å². The van der Waals surface area contributed by atoms with E-state index < -0.39 is 0 Å². The molecule has 0 fully saturated rings. The van der Waals surface area contributed by atoms with Gasteiger partial charge in [0.25, 0.3) is 0 Å². The predicted molar refractivity (Wildman–Crippen MR) is 16.6 cm³/mol. The number of hydrogen-bond acceptors (Lipinski definition) is 2. The summed E-state index contributed by atoms with van der Waals surface area (Å²) in [6, 6.07) is 0. The van der Waals surface area contributed by atoms with E-state index in [-0.39, 0.29) is 37.6 Å². The van der Waals surface area contributed by atoms with Crippen LogP contribution < -0.4 is 0 Å². The Hall–Kier alpha value is 0.885. The molecule has 0 aliphatic rings. The fraction of sp³-hybridized carbons (Fsp3) is 0. The molecule has 0 bridgehead atoms. The molecule has 0 N–H and O–H groups in total. The van der Waals surface area contributed by atoms with Crippen LogP contribution in [-0.2, 0) is 61.6 Å². The summed E-state index contributed by atoms with van der Waals surface area (Å²) in [6.07, 6.45) is 2.51. The zero-order chi connectivity index (χ0) is 5.41. The van der Waals surface area contributed by atoms with E-state index in [2.05, 4.69) is 22.0 Å². The van der Waals surface area contributed by atoms with Gasteiger partial charge in [0.15, 0.2) is 0 Å². The third-order valence-electron chi connectivity index (χ3n) is 0.0833. The first-order valence-corrected chi connectivity index (χ1v) is 1.43. The Labute approximate surface area is 80.2 Å². The van der Waals surface area contributed by atoms with E-state index in [1.54, 1.807) is 0 Å². The minimum absolute atomic E-state index is 0. The predicted octanol–water partition coefficient (Wildman–Crippen LogP) is 0.156. The average molecular weight is 284 g/mol. The summed E-state index contributed by atoms with van der Waals surface area (Å²) in [5, 5.41) is 0. The standard InChI is InChI=1S/C3H3O.Mo.2Ni.O/c1-2-3-4;;;;/h2H,1H2;;;;/q-1;;;;. The van der Waals surface area contributed by atoms with Gasteiger partial charge in [-0.2, -0.15) is 0 Å². The van der Waals surface area contributed by atoms with Crippen LogP contribution in [0.25, 0.3) is 0 Å². The molecule has 0 aromatic heterocycles. The summed E-state index contributed by atoms with van der Waals surface area (Å²) in [6.45, 7) is 3.06. The average Bonchev–Trinajstić information content (AvgIpc) is 1.72. The maximum atomic E-state index is 8.93. The summed E-state index contributed by atoms with van der Waals surface area (Å²) in [4.78, 5) is 8.93. The summed E-state index contributed by atoms with van der Waals surface area (Å²) >= 11 is 2.62. The van der Waals surface area contributed by atoms with E-state index in [1.807, 2.05) is 0 Å². The number of carbonyl (C=O) groups excluding carboxylic acids is 1. The van der Waals surface area contributed by atoms with E-state index in [9.17, 15) is 0 Å².